The number of ketones is 1. The van der Waals surface area contributed by atoms with Crippen LogP contribution in [0.2, 0.25) is 0 Å². The van der Waals surface area contributed by atoms with E-state index in [0.29, 0.717) is 23.6 Å². The van der Waals surface area contributed by atoms with Crippen molar-refractivity contribution in [1.82, 2.24) is 4.98 Å². The fourth-order valence-electron chi connectivity index (χ4n) is 1.92. The van der Waals surface area contributed by atoms with Crippen LogP contribution in [-0.2, 0) is 6.54 Å². The number of hydrogen-bond acceptors (Lipinski definition) is 3. The molecule has 0 spiro atoms. The lowest BCUT2D eigenvalue weighted by Crippen LogP contribution is -2.05. The molecular weight excluding hydrogens is 236 g/mol. The molecule has 0 aliphatic heterocycles. The van der Waals surface area contributed by atoms with Crippen LogP contribution in [0, 0.1) is 0 Å². The van der Waals surface area contributed by atoms with Crippen LogP contribution in [0.4, 0.5) is 0 Å². The van der Waals surface area contributed by atoms with Gasteiger partial charge in [-0.3, -0.25) is 9.78 Å². The molecule has 0 saturated heterocycles. The van der Waals surface area contributed by atoms with Crippen LogP contribution in [0.15, 0.2) is 42.6 Å². The molecule has 2 aromatic rings. The maximum atomic E-state index is 12.3. The zero-order valence-corrected chi connectivity index (χ0v) is 11.3. The average molecular weight is 254 g/mol. The Morgan fingerprint density at radius 3 is 2.42 bits per heavy atom. The van der Waals surface area contributed by atoms with Gasteiger partial charge >= 0.3 is 0 Å². The monoisotopic (exact) mass is 254 g/mol. The minimum absolute atomic E-state index is 0.00686. The zero-order valence-electron chi connectivity index (χ0n) is 11.3. The molecule has 2 N–H and O–H groups in total. The van der Waals surface area contributed by atoms with Crippen molar-refractivity contribution in [2.45, 2.75) is 26.3 Å². The van der Waals surface area contributed by atoms with Gasteiger partial charge in [0.2, 0.25) is 0 Å². The van der Waals surface area contributed by atoms with E-state index in [4.69, 9.17) is 5.73 Å². The Hall–Kier alpha value is -2.00. The van der Waals surface area contributed by atoms with Crippen LogP contribution in [0.1, 0.15) is 46.9 Å². The lowest BCUT2D eigenvalue weighted by Gasteiger charge is -2.07. The second kappa shape index (κ2) is 5.76. The molecule has 3 heteroatoms. The van der Waals surface area contributed by atoms with Crippen LogP contribution in [0.5, 0.6) is 0 Å². The summed E-state index contributed by atoms with van der Waals surface area (Å²) in [5.41, 5.74) is 8.82. The highest BCUT2D eigenvalue weighted by Gasteiger charge is 2.10. The Labute approximate surface area is 113 Å². The Bertz CT molecular complexity index is 574. The molecule has 0 fully saturated rings. The maximum absolute atomic E-state index is 12.3. The number of hydrogen-bond donors (Lipinski definition) is 1. The quantitative estimate of drug-likeness (QED) is 0.853. The molecule has 3 nitrogen and oxygen atoms in total. The molecule has 1 aromatic carbocycles. The predicted molar refractivity (Wildman–Crippen MR) is 76.1 cm³/mol. The normalized spacial score (nSPS) is 10.7. The first-order valence-corrected chi connectivity index (χ1v) is 6.41. The molecule has 0 aliphatic carbocycles. The summed E-state index contributed by atoms with van der Waals surface area (Å²) < 4.78 is 0. The highest BCUT2D eigenvalue weighted by Crippen LogP contribution is 2.17. The Morgan fingerprint density at radius 1 is 1.16 bits per heavy atom. The van der Waals surface area contributed by atoms with Crippen molar-refractivity contribution < 1.29 is 4.79 Å². The predicted octanol–water partition coefficient (Wildman–Crippen LogP) is 2.89. The first kappa shape index (κ1) is 13.4. The van der Waals surface area contributed by atoms with Gasteiger partial charge in [-0.1, -0.05) is 38.1 Å². The number of rotatable bonds is 4. The lowest BCUT2D eigenvalue weighted by atomic mass is 9.98. The summed E-state index contributed by atoms with van der Waals surface area (Å²) in [6.45, 7) is 4.61. The van der Waals surface area contributed by atoms with Gasteiger partial charge in [-0.25, -0.2) is 0 Å². The van der Waals surface area contributed by atoms with Crippen LogP contribution in [0.25, 0.3) is 0 Å². The highest BCUT2D eigenvalue weighted by atomic mass is 16.1. The van der Waals surface area contributed by atoms with E-state index in [-0.39, 0.29) is 5.78 Å². The van der Waals surface area contributed by atoms with Gasteiger partial charge in [0.1, 0.15) is 0 Å². The van der Waals surface area contributed by atoms with E-state index in [2.05, 4.69) is 18.8 Å². The third-order valence-corrected chi connectivity index (χ3v) is 3.13. The van der Waals surface area contributed by atoms with Crippen molar-refractivity contribution in [2.75, 3.05) is 0 Å². The summed E-state index contributed by atoms with van der Waals surface area (Å²) in [6, 6.07) is 11.2. The van der Waals surface area contributed by atoms with Gasteiger partial charge in [-0.15, -0.1) is 0 Å². The van der Waals surface area contributed by atoms with E-state index >= 15 is 0 Å². The first-order chi connectivity index (χ1) is 9.11. The minimum Gasteiger partial charge on any atom is -0.325 e. The Balaban J connectivity index is 2.28. The number of carbonyl (C=O) groups is 1. The van der Waals surface area contributed by atoms with Crippen molar-refractivity contribution in [3.05, 3.63) is 65.0 Å². The van der Waals surface area contributed by atoms with Crippen molar-refractivity contribution in [3.8, 4) is 0 Å². The summed E-state index contributed by atoms with van der Waals surface area (Å²) in [6.07, 6.45) is 1.62. The lowest BCUT2D eigenvalue weighted by molar-refractivity contribution is 0.103. The van der Waals surface area contributed by atoms with E-state index in [9.17, 15) is 4.79 Å². The first-order valence-electron chi connectivity index (χ1n) is 6.41. The van der Waals surface area contributed by atoms with Gasteiger partial charge in [-0.2, -0.15) is 0 Å². The summed E-state index contributed by atoms with van der Waals surface area (Å²) >= 11 is 0. The molecular formula is C16H18N2O. The van der Waals surface area contributed by atoms with Crippen LogP contribution < -0.4 is 5.73 Å². The van der Waals surface area contributed by atoms with Crippen molar-refractivity contribution >= 4 is 5.78 Å². The Morgan fingerprint density at radius 2 is 1.84 bits per heavy atom. The van der Waals surface area contributed by atoms with Crippen LogP contribution in [0.3, 0.4) is 0 Å². The van der Waals surface area contributed by atoms with E-state index in [1.165, 1.54) is 5.56 Å². The average Bonchev–Trinajstić information content (AvgIpc) is 2.46. The third kappa shape index (κ3) is 3.06. The molecule has 1 heterocycles. The smallest absolute Gasteiger partial charge is 0.193 e. The summed E-state index contributed by atoms with van der Waals surface area (Å²) in [5.74, 6) is 0.473. The second-order valence-corrected chi connectivity index (χ2v) is 4.85. The standard InChI is InChI=1S/C16H18N2O/c1-11(2)12-3-5-13(6-4-12)16(19)14-7-8-18-15(9-14)10-17/h3-9,11H,10,17H2,1-2H3. The van der Waals surface area contributed by atoms with E-state index in [1.54, 1.807) is 18.3 Å². The fourth-order valence-corrected chi connectivity index (χ4v) is 1.92. The number of nitrogens with two attached hydrogens (primary N) is 1. The molecule has 2 rings (SSSR count). The SMILES string of the molecule is CC(C)c1ccc(C(=O)c2ccnc(CN)c2)cc1. The van der Waals surface area contributed by atoms with Crippen molar-refractivity contribution in [2.24, 2.45) is 5.73 Å². The van der Waals surface area contributed by atoms with Crippen molar-refractivity contribution in [1.29, 1.82) is 0 Å². The summed E-state index contributed by atoms with van der Waals surface area (Å²) in [4.78, 5) is 16.4. The van der Waals surface area contributed by atoms with Gasteiger partial charge in [0, 0.05) is 23.9 Å². The molecule has 0 amide bonds. The zero-order chi connectivity index (χ0) is 13.8. The number of benzene rings is 1. The molecule has 0 aliphatic rings. The van der Waals surface area contributed by atoms with Crippen molar-refractivity contribution in [3.63, 3.8) is 0 Å². The topological polar surface area (TPSA) is 56.0 Å². The molecule has 0 radical (unpaired) electrons. The molecule has 19 heavy (non-hydrogen) atoms. The molecule has 0 saturated carbocycles. The molecule has 98 valence electrons. The van der Waals surface area contributed by atoms with Gasteiger partial charge in [0.05, 0.1) is 5.69 Å². The molecule has 0 atom stereocenters. The highest BCUT2D eigenvalue weighted by molar-refractivity contribution is 6.08. The number of carbonyl (C=O) groups excluding carboxylic acids is 1. The third-order valence-electron chi connectivity index (χ3n) is 3.13. The molecule has 0 unspecified atom stereocenters. The maximum Gasteiger partial charge on any atom is 0.193 e. The minimum atomic E-state index is 0.00686. The van der Waals surface area contributed by atoms with Crippen LogP contribution in [-0.4, -0.2) is 10.8 Å². The Kier molecular flexibility index (Phi) is 4.07. The second-order valence-electron chi connectivity index (χ2n) is 4.85. The van der Waals surface area contributed by atoms with Gasteiger partial charge in [0.15, 0.2) is 5.78 Å². The van der Waals surface area contributed by atoms with Crippen LogP contribution >= 0.6 is 0 Å². The number of pyridine rings is 1. The van der Waals surface area contributed by atoms with Gasteiger partial charge < -0.3 is 5.73 Å². The molecule has 0 bridgehead atoms. The number of aromatic nitrogens is 1. The van der Waals surface area contributed by atoms with E-state index < -0.39 is 0 Å². The number of nitrogens with zero attached hydrogens (tertiary/aromatic N) is 1. The van der Waals surface area contributed by atoms with Gasteiger partial charge in [0.25, 0.3) is 0 Å². The van der Waals surface area contributed by atoms with E-state index in [1.807, 2.05) is 24.3 Å². The molecule has 1 aromatic heterocycles. The summed E-state index contributed by atoms with van der Waals surface area (Å²) in [5, 5.41) is 0. The largest absolute Gasteiger partial charge is 0.325 e. The fraction of sp³-hybridized carbons (Fsp3) is 0.250. The summed E-state index contributed by atoms with van der Waals surface area (Å²) in [7, 11) is 0. The van der Waals surface area contributed by atoms with Gasteiger partial charge in [-0.05, 0) is 23.6 Å². The van der Waals surface area contributed by atoms with E-state index in [0.717, 1.165) is 5.69 Å².